The highest BCUT2D eigenvalue weighted by Gasteiger charge is 2.72. The Morgan fingerprint density at radius 1 is 0.980 bits per heavy atom. The van der Waals surface area contributed by atoms with Gasteiger partial charge >= 0.3 is 29.8 Å². The van der Waals surface area contributed by atoms with E-state index in [1.165, 1.54) is 37.5 Å². The summed E-state index contributed by atoms with van der Waals surface area (Å²) < 4.78 is 27.4. The second-order valence-electron chi connectivity index (χ2n) is 12.7. The number of carbonyl (C=O) groups excluding carboxylic acids is 3. The molecular weight excluding hydrogens is 662 g/mol. The van der Waals surface area contributed by atoms with Crippen LogP contribution in [0, 0.1) is 0 Å². The summed E-state index contributed by atoms with van der Waals surface area (Å²) in [6.45, 7) is 0.589. The van der Waals surface area contributed by atoms with Crippen LogP contribution in [0.3, 0.4) is 0 Å². The predicted molar refractivity (Wildman–Crippen MR) is 165 cm³/mol. The maximum absolute atomic E-state index is 13.3. The molecule has 6 rings (SSSR count). The van der Waals surface area contributed by atoms with E-state index in [4.69, 9.17) is 28.8 Å². The van der Waals surface area contributed by atoms with Gasteiger partial charge in [0.15, 0.2) is 29.8 Å². The number of hydrogen-bond acceptors (Lipinski definition) is 14. The van der Waals surface area contributed by atoms with E-state index in [1.807, 2.05) is 13.1 Å². The lowest BCUT2D eigenvalue weighted by atomic mass is 9.50. The van der Waals surface area contributed by atoms with Crippen molar-refractivity contribution in [3.63, 3.8) is 0 Å². The number of likely N-dealkylation sites (tertiary alicyclic amines) is 1. The molecule has 4 aliphatic rings. The number of nitrogens with zero attached hydrogens (tertiary/aromatic N) is 1. The number of benzene rings is 2. The zero-order chi connectivity index (χ0) is 36.1. The van der Waals surface area contributed by atoms with E-state index in [0.717, 1.165) is 11.1 Å². The van der Waals surface area contributed by atoms with Gasteiger partial charge in [0.1, 0.15) is 5.76 Å². The molecule has 2 heterocycles. The molecule has 0 unspecified atom stereocenters. The number of rotatable bonds is 12. The molecular formula is C34H35NO15. The second-order valence-corrected chi connectivity index (χ2v) is 12.7. The van der Waals surface area contributed by atoms with E-state index >= 15 is 0 Å². The van der Waals surface area contributed by atoms with Crippen molar-refractivity contribution in [1.82, 2.24) is 4.90 Å². The smallest absolute Gasteiger partial charge is 0.353 e. The lowest BCUT2D eigenvalue weighted by molar-refractivity contribution is -0.187. The van der Waals surface area contributed by atoms with Crippen LogP contribution in [0.1, 0.15) is 42.1 Å². The standard InChI is InChI=1S/C34H35NO15/c1-35-13-12-33-23-17-8-9-18(46-2)27(23)49-28(33)19(10-11-34(33,45)21(35)14-17)47-30(42)24(38)25(39)31(43)50-26(16-6-4-3-5-7-16)32(44)48-20(29(40)41)15-22(36)37/h3-10,20-21,24-26,28,38-39,45H,11-15H2,1-2H3,(H,36,37)(H,40,41)/t20-,21+,24-,25-,26+,28+,33+,34-/m1/s1. The topological polar surface area (TPSA) is 236 Å². The van der Waals surface area contributed by atoms with Gasteiger partial charge in [0.25, 0.3) is 0 Å². The Morgan fingerprint density at radius 3 is 2.34 bits per heavy atom. The Labute approximate surface area is 284 Å². The van der Waals surface area contributed by atoms with Gasteiger partial charge < -0.3 is 54.1 Å². The largest absolute Gasteiger partial charge is 0.493 e. The van der Waals surface area contributed by atoms with E-state index < -0.39 is 77.8 Å². The summed E-state index contributed by atoms with van der Waals surface area (Å²) >= 11 is 0. The van der Waals surface area contributed by atoms with Gasteiger partial charge in [-0.3, -0.25) is 4.79 Å². The summed E-state index contributed by atoms with van der Waals surface area (Å²) in [6, 6.07) is 10.4. The average Bonchev–Trinajstić information content (AvgIpc) is 3.45. The normalized spacial score (nSPS) is 26.9. The molecule has 2 aliphatic heterocycles. The van der Waals surface area contributed by atoms with Gasteiger partial charge in [-0.15, -0.1) is 0 Å². The minimum Gasteiger partial charge on any atom is -0.493 e. The minimum atomic E-state index is -2.61. The van der Waals surface area contributed by atoms with Gasteiger partial charge in [-0.05, 0) is 44.1 Å². The molecule has 50 heavy (non-hydrogen) atoms. The van der Waals surface area contributed by atoms with Gasteiger partial charge in [0.2, 0.25) is 12.2 Å². The quantitative estimate of drug-likeness (QED) is 0.145. The molecule has 16 heteroatoms. The Morgan fingerprint density at radius 2 is 1.68 bits per heavy atom. The molecule has 8 atom stereocenters. The van der Waals surface area contributed by atoms with Crippen LogP contribution in [0.25, 0.3) is 0 Å². The van der Waals surface area contributed by atoms with Crippen LogP contribution in [0.5, 0.6) is 11.5 Å². The first-order valence-corrected chi connectivity index (χ1v) is 15.7. The van der Waals surface area contributed by atoms with Gasteiger partial charge in [0.05, 0.1) is 24.5 Å². The number of aliphatic hydroxyl groups excluding tert-OH is 2. The number of piperidine rings is 1. The zero-order valence-electron chi connectivity index (χ0n) is 26.9. The van der Waals surface area contributed by atoms with Crippen molar-refractivity contribution in [1.29, 1.82) is 0 Å². The van der Waals surface area contributed by atoms with Crippen LogP contribution in [-0.4, -0.2) is 117 Å². The Kier molecular flexibility index (Phi) is 9.07. The third kappa shape index (κ3) is 5.53. The molecule has 1 fully saturated rings. The first-order chi connectivity index (χ1) is 23.7. The SMILES string of the molecule is COc1ccc2c3c1O[C@H]1C(OC(=O)[C@H](O)[C@@H](O)C(=O)O[C@H](C(=O)O[C@H](CC(=O)O)C(=O)O)c4ccccc4)=CC[C@@]4(O)[C@H](C2)N(C)CC[C@]314. The van der Waals surface area contributed by atoms with Crippen molar-refractivity contribution in [3.8, 4) is 11.5 Å². The maximum atomic E-state index is 13.3. The molecule has 0 radical (unpaired) electrons. The zero-order valence-corrected chi connectivity index (χ0v) is 26.9. The second kappa shape index (κ2) is 13.0. The summed E-state index contributed by atoms with van der Waals surface area (Å²) in [5, 5.41) is 52.0. The highest BCUT2D eigenvalue weighted by atomic mass is 16.6. The molecule has 1 saturated heterocycles. The van der Waals surface area contributed by atoms with Crippen LogP contribution in [0.4, 0.5) is 0 Å². The molecule has 2 bridgehead atoms. The molecule has 16 nitrogen and oxygen atoms in total. The molecule has 266 valence electrons. The third-order valence-corrected chi connectivity index (χ3v) is 10.0. The first kappa shape index (κ1) is 34.8. The lowest BCUT2D eigenvalue weighted by Crippen LogP contribution is -2.74. The highest BCUT2D eigenvalue weighted by Crippen LogP contribution is 2.65. The van der Waals surface area contributed by atoms with Crippen LogP contribution < -0.4 is 9.47 Å². The summed E-state index contributed by atoms with van der Waals surface area (Å²) in [5.74, 6) is -7.24. The van der Waals surface area contributed by atoms with Crippen molar-refractivity contribution in [2.75, 3.05) is 20.7 Å². The number of ether oxygens (including phenoxy) is 5. The Hall–Kier alpha value is -5.03. The summed E-state index contributed by atoms with van der Waals surface area (Å²) in [4.78, 5) is 63.9. The molecule has 5 N–H and O–H groups in total. The fraction of sp³-hybridized carbons (Fsp3) is 0.441. The van der Waals surface area contributed by atoms with Crippen molar-refractivity contribution < 1.29 is 73.2 Å². The fourth-order valence-electron chi connectivity index (χ4n) is 7.63. The van der Waals surface area contributed by atoms with Gasteiger partial charge in [-0.1, -0.05) is 36.4 Å². The highest BCUT2D eigenvalue weighted by molar-refractivity contribution is 5.89. The van der Waals surface area contributed by atoms with Crippen LogP contribution in [0.2, 0.25) is 0 Å². The number of likely N-dealkylation sites (N-methyl/N-ethyl adjacent to an activating group) is 1. The van der Waals surface area contributed by atoms with Gasteiger partial charge in [-0.2, -0.15) is 0 Å². The number of aliphatic hydroxyl groups is 3. The van der Waals surface area contributed by atoms with E-state index in [0.29, 0.717) is 30.9 Å². The van der Waals surface area contributed by atoms with E-state index in [-0.39, 0.29) is 23.8 Å². The summed E-state index contributed by atoms with van der Waals surface area (Å²) in [6.07, 6.45) is -8.94. The first-order valence-electron chi connectivity index (χ1n) is 15.7. The van der Waals surface area contributed by atoms with Crippen LogP contribution in [0.15, 0.2) is 54.3 Å². The van der Waals surface area contributed by atoms with E-state index in [1.54, 1.807) is 12.1 Å². The van der Waals surface area contributed by atoms with Crippen molar-refractivity contribution in [2.45, 2.75) is 73.3 Å². The van der Waals surface area contributed by atoms with Gasteiger partial charge in [0, 0.05) is 23.6 Å². The maximum Gasteiger partial charge on any atom is 0.353 e. The van der Waals surface area contributed by atoms with Crippen molar-refractivity contribution in [2.24, 2.45) is 0 Å². The third-order valence-electron chi connectivity index (χ3n) is 10.0. The molecule has 0 amide bonds. The molecule has 2 aliphatic carbocycles. The number of carboxylic acids is 2. The fourth-order valence-corrected chi connectivity index (χ4v) is 7.63. The molecule has 0 saturated carbocycles. The molecule has 0 aromatic heterocycles. The Bertz CT molecular complexity index is 1760. The van der Waals surface area contributed by atoms with Gasteiger partial charge in [-0.25, -0.2) is 19.2 Å². The van der Waals surface area contributed by atoms with Crippen molar-refractivity contribution in [3.05, 3.63) is 71.0 Å². The number of carboxylic acid groups (broad SMARTS) is 2. The average molecular weight is 698 g/mol. The van der Waals surface area contributed by atoms with Crippen molar-refractivity contribution >= 4 is 29.8 Å². The predicted octanol–water partition coefficient (Wildman–Crippen LogP) is -0.00650. The van der Waals surface area contributed by atoms with Crippen LogP contribution >= 0.6 is 0 Å². The number of aliphatic carboxylic acids is 2. The molecule has 1 spiro atoms. The number of hydrogen-bond donors (Lipinski definition) is 5. The molecule has 2 aromatic carbocycles. The van der Waals surface area contributed by atoms with Crippen LogP contribution in [-0.2, 0) is 50.0 Å². The molecule has 2 aromatic rings. The van der Waals surface area contributed by atoms with E-state index in [2.05, 4.69) is 4.90 Å². The number of esters is 3. The number of carbonyl (C=O) groups is 5. The summed E-state index contributed by atoms with van der Waals surface area (Å²) in [5.41, 5.74) is -0.721. The lowest BCUT2D eigenvalue weighted by Gasteiger charge is -2.61. The minimum absolute atomic E-state index is 0.0506. The monoisotopic (exact) mass is 697 g/mol. The van der Waals surface area contributed by atoms with E-state index in [9.17, 15) is 44.4 Å². The Balaban J connectivity index is 1.21. The number of methoxy groups -OCH3 is 1. The summed E-state index contributed by atoms with van der Waals surface area (Å²) in [7, 11) is 3.40.